The van der Waals surface area contributed by atoms with E-state index in [2.05, 4.69) is 5.32 Å². The molecule has 1 saturated heterocycles. The zero-order valence-electron chi connectivity index (χ0n) is 14.4. The fourth-order valence-corrected chi connectivity index (χ4v) is 2.84. The van der Waals surface area contributed by atoms with Crippen molar-refractivity contribution in [3.05, 3.63) is 59.4 Å². The molecule has 0 saturated carbocycles. The molecule has 8 heteroatoms. The second-order valence-corrected chi connectivity index (χ2v) is 6.12. The van der Waals surface area contributed by atoms with Crippen molar-refractivity contribution < 1.29 is 28.6 Å². The van der Waals surface area contributed by atoms with Crippen molar-refractivity contribution in [2.75, 3.05) is 13.2 Å². The largest absolute Gasteiger partial charge is 0.507 e. The van der Waals surface area contributed by atoms with Gasteiger partial charge in [0.25, 0.3) is 5.91 Å². The molecule has 7 nitrogen and oxygen atoms in total. The molecule has 1 aliphatic heterocycles. The Morgan fingerprint density at radius 3 is 2.63 bits per heavy atom. The molecular formula is C19H19FN2O5. The van der Waals surface area contributed by atoms with Gasteiger partial charge in [0.05, 0.1) is 12.6 Å². The molecule has 4 N–H and O–H groups in total. The van der Waals surface area contributed by atoms with Crippen LogP contribution in [0.2, 0.25) is 0 Å². The third kappa shape index (κ3) is 4.35. The van der Waals surface area contributed by atoms with Gasteiger partial charge in [-0.15, -0.1) is 0 Å². The maximum atomic E-state index is 13.9. The maximum Gasteiger partial charge on any atom is 0.258 e. The summed E-state index contributed by atoms with van der Waals surface area (Å²) in [7, 11) is 0. The summed E-state index contributed by atoms with van der Waals surface area (Å²) < 4.78 is 25.1. The molecule has 2 atom stereocenters. The van der Waals surface area contributed by atoms with Crippen LogP contribution in [0, 0.1) is 5.82 Å². The van der Waals surface area contributed by atoms with Crippen LogP contribution in [0.1, 0.15) is 27.1 Å². The maximum absolute atomic E-state index is 13.9. The molecule has 1 fully saturated rings. The third-order valence-electron chi connectivity index (χ3n) is 4.27. The Morgan fingerprint density at radius 2 is 1.96 bits per heavy atom. The molecule has 2 aromatic carbocycles. The van der Waals surface area contributed by atoms with Gasteiger partial charge in [-0.3, -0.25) is 9.59 Å². The highest BCUT2D eigenvalue weighted by atomic mass is 19.1. The topological polar surface area (TPSA) is 111 Å². The molecule has 1 heterocycles. The number of benzene rings is 2. The number of rotatable bonds is 5. The number of aromatic hydroxyl groups is 1. The standard InChI is InChI=1S/C19H19FN2O5/c20-13-2-1-3-15(23)17(13)19(25)22-14-8-9-26-10-16(14)27-12-6-4-11(5-7-12)18(21)24/h1-7,14,16,23H,8-10H2,(H2,21,24)(H,22,25)/t14-,16-/m0/s1. The van der Waals surface area contributed by atoms with E-state index in [1.54, 1.807) is 12.1 Å². The van der Waals surface area contributed by atoms with E-state index < -0.39 is 41.1 Å². The van der Waals surface area contributed by atoms with Gasteiger partial charge in [-0.1, -0.05) is 6.07 Å². The normalized spacial score (nSPS) is 19.3. The number of carbonyl (C=O) groups excluding carboxylic acids is 2. The molecule has 0 unspecified atom stereocenters. The van der Waals surface area contributed by atoms with E-state index >= 15 is 0 Å². The first-order valence-electron chi connectivity index (χ1n) is 8.38. The summed E-state index contributed by atoms with van der Waals surface area (Å²) >= 11 is 0. The first kappa shape index (κ1) is 18.7. The number of hydrogen-bond acceptors (Lipinski definition) is 5. The number of halogens is 1. The quantitative estimate of drug-likeness (QED) is 0.736. The Hall–Kier alpha value is -3.13. The van der Waals surface area contributed by atoms with Crippen molar-refractivity contribution in [2.24, 2.45) is 5.73 Å². The Bertz CT molecular complexity index is 820. The molecule has 0 spiro atoms. The summed E-state index contributed by atoms with van der Waals surface area (Å²) in [4.78, 5) is 23.5. The molecule has 3 rings (SSSR count). The molecule has 0 radical (unpaired) electrons. The number of primary amides is 1. The number of nitrogens with one attached hydrogen (secondary N) is 1. The zero-order valence-corrected chi connectivity index (χ0v) is 14.4. The molecular weight excluding hydrogens is 355 g/mol. The lowest BCUT2D eigenvalue weighted by Crippen LogP contribution is -2.51. The van der Waals surface area contributed by atoms with Crippen molar-refractivity contribution in [2.45, 2.75) is 18.6 Å². The van der Waals surface area contributed by atoms with Gasteiger partial charge in [-0.05, 0) is 42.8 Å². The smallest absolute Gasteiger partial charge is 0.258 e. The second kappa shape index (κ2) is 8.05. The van der Waals surface area contributed by atoms with Gasteiger partial charge < -0.3 is 25.6 Å². The van der Waals surface area contributed by atoms with Gasteiger partial charge in [0.2, 0.25) is 5.91 Å². The summed E-state index contributed by atoms with van der Waals surface area (Å²) in [5.74, 6) is -2.03. The fraction of sp³-hybridized carbons (Fsp3) is 0.263. The summed E-state index contributed by atoms with van der Waals surface area (Å²) in [6.45, 7) is 0.639. The Morgan fingerprint density at radius 1 is 1.22 bits per heavy atom. The van der Waals surface area contributed by atoms with E-state index in [1.165, 1.54) is 24.3 Å². The van der Waals surface area contributed by atoms with Crippen LogP contribution in [-0.2, 0) is 4.74 Å². The summed E-state index contributed by atoms with van der Waals surface area (Å²) in [6.07, 6.45) is -0.0543. The zero-order chi connectivity index (χ0) is 19.4. The molecule has 0 aliphatic carbocycles. The fourth-order valence-electron chi connectivity index (χ4n) is 2.84. The monoisotopic (exact) mass is 374 g/mol. The molecule has 27 heavy (non-hydrogen) atoms. The number of phenols is 1. The van der Waals surface area contributed by atoms with Crippen LogP contribution in [0.5, 0.6) is 11.5 Å². The minimum Gasteiger partial charge on any atom is -0.507 e. The predicted octanol–water partition coefficient (Wildman–Crippen LogP) is 1.60. The second-order valence-electron chi connectivity index (χ2n) is 6.12. The van der Waals surface area contributed by atoms with Gasteiger partial charge in [0.1, 0.15) is 29.0 Å². The first-order valence-corrected chi connectivity index (χ1v) is 8.38. The lowest BCUT2D eigenvalue weighted by atomic mass is 10.0. The van der Waals surface area contributed by atoms with Crippen LogP contribution in [0.4, 0.5) is 4.39 Å². The summed E-state index contributed by atoms with van der Waals surface area (Å²) in [5.41, 5.74) is 5.15. The lowest BCUT2D eigenvalue weighted by Gasteiger charge is -2.32. The number of phenolic OH excluding ortho intramolecular Hbond substituents is 1. The number of nitrogens with two attached hydrogens (primary N) is 1. The van der Waals surface area contributed by atoms with E-state index in [0.29, 0.717) is 24.3 Å². The average Bonchev–Trinajstić information content (AvgIpc) is 2.63. The Kier molecular flexibility index (Phi) is 5.56. The SMILES string of the molecule is NC(=O)c1ccc(O[C@H]2COCC[C@@H]2NC(=O)c2c(O)cccc2F)cc1. The van der Waals surface area contributed by atoms with Gasteiger partial charge >= 0.3 is 0 Å². The Balaban J connectivity index is 1.71. The van der Waals surface area contributed by atoms with Crippen LogP contribution in [0.3, 0.4) is 0 Å². The number of ether oxygens (including phenoxy) is 2. The van der Waals surface area contributed by atoms with Crippen LogP contribution < -0.4 is 15.8 Å². The van der Waals surface area contributed by atoms with E-state index in [-0.39, 0.29) is 6.61 Å². The predicted molar refractivity (Wildman–Crippen MR) is 94.1 cm³/mol. The van der Waals surface area contributed by atoms with Gasteiger partial charge in [0.15, 0.2) is 0 Å². The van der Waals surface area contributed by atoms with Crippen molar-refractivity contribution >= 4 is 11.8 Å². The molecule has 0 aromatic heterocycles. The van der Waals surface area contributed by atoms with E-state index in [1.807, 2.05) is 0 Å². The third-order valence-corrected chi connectivity index (χ3v) is 4.27. The molecule has 1 aliphatic rings. The minimum atomic E-state index is -0.806. The first-order chi connectivity index (χ1) is 13.0. The summed E-state index contributed by atoms with van der Waals surface area (Å²) in [6, 6.07) is 9.48. The highest BCUT2D eigenvalue weighted by Crippen LogP contribution is 2.22. The number of carbonyl (C=O) groups is 2. The lowest BCUT2D eigenvalue weighted by molar-refractivity contribution is -0.0135. The van der Waals surface area contributed by atoms with Crippen LogP contribution >= 0.6 is 0 Å². The molecule has 2 aromatic rings. The molecule has 2 amide bonds. The van der Waals surface area contributed by atoms with Gasteiger partial charge in [0, 0.05) is 12.2 Å². The van der Waals surface area contributed by atoms with Crippen LogP contribution in [-0.4, -0.2) is 42.3 Å². The molecule has 142 valence electrons. The van der Waals surface area contributed by atoms with Gasteiger partial charge in [-0.2, -0.15) is 0 Å². The molecule has 0 bridgehead atoms. The minimum absolute atomic E-state index is 0.228. The van der Waals surface area contributed by atoms with Crippen LogP contribution in [0.15, 0.2) is 42.5 Å². The van der Waals surface area contributed by atoms with Crippen molar-refractivity contribution in [1.29, 1.82) is 0 Å². The highest BCUT2D eigenvalue weighted by molar-refractivity contribution is 5.97. The van der Waals surface area contributed by atoms with Crippen molar-refractivity contribution in [3.63, 3.8) is 0 Å². The van der Waals surface area contributed by atoms with Crippen molar-refractivity contribution in [3.8, 4) is 11.5 Å². The van der Waals surface area contributed by atoms with Gasteiger partial charge in [-0.25, -0.2) is 4.39 Å². The average molecular weight is 374 g/mol. The van der Waals surface area contributed by atoms with E-state index in [0.717, 1.165) is 6.07 Å². The number of amides is 2. The van der Waals surface area contributed by atoms with Crippen LogP contribution in [0.25, 0.3) is 0 Å². The van der Waals surface area contributed by atoms with Crippen molar-refractivity contribution in [1.82, 2.24) is 5.32 Å². The highest BCUT2D eigenvalue weighted by Gasteiger charge is 2.30. The van der Waals surface area contributed by atoms with E-state index in [4.69, 9.17) is 15.2 Å². The van der Waals surface area contributed by atoms with E-state index in [9.17, 15) is 19.1 Å². The number of hydrogen-bond donors (Lipinski definition) is 3. The summed E-state index contributed by atoms with van der Waals surface area (Å²) in [5, 5.41) is 12.5. The Labute approximate surface area is 154 Å².